The van der Waals surface area contributed by atoms with Crippen molar-refractivity contribution in [1.29, 1.82) is 0 Å². The van der Waals surface area contributed by atoms with E-state index in [4.69, 9.17) is 0 Å². The summed E-state index contributed by atoms with van der Waals surface area (Å²) in [5.74, 6) is -0.276. The maximum absolute atomic E-state index is 12.8. The summed E-state index contributed by atoms with van der Waals surface area (Å²) in [6.07, 6.45) is 0. The van der Waals surface area contributed by atoms with E-state index < -0.39 is 6.04 Å². The van der Waals surface area contributed by atoms with E-state index in [1.165, 1.54) is 10.7 Å². The first kappa shape index (κ1) is 19.5. The molecule has 0 aliphatic heterocycles. The average Bonchev–Trinajstić information content (AvgIpc) is 2.67. The number of anilines is 1. The number of rotatable bonds is 4. The van der Waals surface area contributed by atoms with E-state index >= 15 is 0 Å². The van der Waals surface area contributed by atoms with Gasteiger partial charge < -0.3 is 5.32 Å². The molecule has 0 spiro atoms. The van der Waals surface area contributed by atoms with Crippen LogP contribution in [0.15, 0.2) is 53.3 Å². The first-order valence-electron chi connectivity index (χ1n) is 9.32. The van der Waals surface area contributed by atoms with Gasteiger partial charge in [-0.1, -0.05) is 29.8 Å². The Hall–Kier alpha value is -3.21. The molecule has 1 aromatic heterocycles. The lowest BCUT2D eigenvalue weighted by Gasteiger charge is -2.17. The fraction of sp³-hybridized carbons (Fsp3) is 0.261. The maximum Gasteiger partial charge on any atom is 0.267 e. The standard InChI is InChI=1S/C23H25N3O2/c1-14-9-10-16(3)19(13-14)21-11-12-22(27)26(25-21)18(5)23(28)24-20-8-6-7-15(2)17(20)4/h6-13,18H,1-5H3,(H,24,28)/t18-/m1/s1. The van der Waals surface area contributed by atoms with Gasteiger partial charge in [0.25, 0.3) is 5.56 Å². The van der Waals surface area contributed by atoms with E-state index in [1.54, 1.807) is 13.0 Å². The molecule has 28 heavy (non-hydrogen) atoms. The van der Waals surface area contributed by atoms with Gasteiger partial charge in [-0.2, -0.15) is 5.10 Å². The zero-order chi connectivity index (χ0) is 20.4. The van der Waals surface area contributed by atoms with Crippen LogP contribution in [-0.2, 0) is 4.79 Å². The second kappa shape index (κ2) is 7.80. The Kier molecular flexibility index (Phi) is 5.45. The Labute approximate surface area is 165 Å². The predicted octanol–water partition coefficient (Wildman–Crippen LogP) is 4.34. The van der Waals surface area contributed by atoms with E-state index in [2.05, 4.69) is 10.4 Å². The maximum atomic E-state index is 12.8. The fourth-order valence-electron chi connectivity index (χ4n) is 3.09. The van der Waals surface area contributed by atoms with Gasteiger partial charge in [0.15, 0.2) is 0 Å². The predicted molar refractivity (Wildman–Crippen MR) is 113 cm³/mol. The van der Waals surface area contributed by atoms with E-state index in [0.29, 0.717) is 5.69 Å². The summed E-state index contributed by atoms with van der Waals surface area (Å²) >= 11 is 0. The number of hydrogen-bond acceptors (Lipinski definition) is 3. The van der Waals surface area contributed by atoms with Crippen LogP contribution in [0.4, 0.5) is 5.69 Å². The van der Waals surface area contributed by atoms with Gasteiger partial charge in [-0.3, -0.25) is 9.59 Å². The lowest BCUT2D eigenvalue weighted by atomic mass is 10.0. The molecule has 3 aromatic rings. The van der Waals surface area contributed by atoms with Gasteiger partial charge in [-0.05, 0) is 69.5 Å². The molecule has 0 aliphatic carbocycles. The second-order valence-corrected chi connectivity index (χ2v) is 7.23. The molecule has 5 heteroatoms. The molecule has 1 amide bonds. The van der Waals surface area contributed by atoms with Crippen LogP contribution in [-0.4, -0.2) is 15.7 Å². The minimum absolute atomic E-state index is 0.276. The summed E-state index contributed by atoms with van der Waals surface area (Å²) < 4.78 is 1.25. The van der Waals surface area contributed by atoms with Crippen LogP contribution >= 0.6 is 0 Å². The number of hydrogen-bond donors (Lipinski definition) is 1. The summed E-state index contributed by atoms with van der Waals surface area (Å²) in [4.78, 5) is 25.2. The van der Waals surface area contributed by atoms with E-state index in [-0.39, 0.29) is 11.5 Å². The van der Waals surface area contributed by atoms with Gasteiger partial charge in [-0.15, -0.1) is 0 Å². The van der Waals surface area contributed by atoms with Crippen molar-refractivity contribution >= 4 is 11.6 Å². The molecule has 144 valence electrons. The van der Waals surface area contributed by atoms with Crippen LogP contribution < -0.4 is 10.9 Å². The largest absolute Gasteiger partial charge is 0.324 e. The summed E-state index contributed by atoms with van der Waals surface area (Å²) in [5, 5.41) is 7.41. The third-order valence-electron chi connectivity index (χ3n) is 5.10. The van der Waals surface area contributed by atoms with Gasteiger partial charge in [-0.25, -0.2) is 4.68 Å². The summed E-state index contributed by atoms with van der Waals surface area (Å²) in [5.41, 5.74) is 6.35. The van der Waals surface area contributed by atoms with Gasteiger partial charge in [0.05, 0.1) is 5.69 Å². The van der Waals surface area contributed by atoms with Gasteiger partial charge in [0, 0.05) is 17.3 Å². The van der Waals surface area contributed by atoms with Crippen LogP contribution in [0, 0.1) is 27.7 Å². The summed E-state index contributed by atoms with van der Waals surface area (Å²) in [6, 6.07) is 14.3. The third-order valence-corrected chi connectivity index (χ3v) is 5.10. The Morgan fingerprint density at radius 3 is 2.50 bits per heavy atom. The minimum Gasteiger partial charge on any atom is -0.324 e. The SMILES string of the molecule is Cc1ccc(C)c(-c2ccc(=O)n([C@H](C)C(=O)Nc3cccc(C)c3C)n2)c1. The molecule has 0 saturated heterocycles. The number of carbonyl (C=O) groups excluding carboxylic acids is 1. The molecule has 2 aromatic carbocycles. The van der Waals surface area contributed by atoms with E-state index in [9.17, 15) is 9.59 Å². The van der Waals surface area contributed by atoms with E-state index in [0.717, 1.165) is 33.5 Å². The van der Waals surface area contributed by atoms with Crippen LogP contribution in [0.2, 0.25) is 0 Å². The summed E-state index contributed by atoms with van der Waals surface area (Å²) in [6.45, 7) is 9.65. The topological polar surface area (TPSA) is 64.0 Å². The van der Waals surface area contributed by atoms with Crippen molar-refractivity contribution in [1.82, 2.24) is 9.78 Å². The molecule has 0 radical (unpaired) electrons. The van der Waals surface area contributed by atoms with Gasteiger partial charge in [0.1, 0.15) is 6.04 Å². The highest BCUT2D eigenvalue weighted by atomic mass is 16.2. The number of benzene rings is 2. The second-order valence-electron chi connectivity index (χ2n) is 7.23. The molecule has 0 saturated carbocycles. The van der Waals surface area contributed by atoms with Crippen LogP contribution in [0.3, 0.4) is 0 Å². The molecule has 0 fully saturated rings. The molecule has 0 unspecified atom stereocenters. The van der Waals surface area contributed by atoms with Crippen molar-refractivity contribution in [3.8, 4) is 11.3 Å². The average molecular weight is 375 g/mol. The Morgan fingerprint density at radius 2 is 1.75 bits per heavy atom. The van der Waals surface area contributed by atoms with Crippen LogP contribution in [0.5, 0.6) is 0 Å². The molecule has 3 rings (SSSR count). The number of carbonyl (C=O) groups is 1. The third kappa shape index (κ3) is 3.88. The number of nitrogens with zero attached hydrogens (tertiary/aromatic N) is 2. The van der Waals surface area contributed by atoms with Crippen LogP contribution in [0.25, 0.3) is 11.3 Å². The van der Waals surface area contributed by atoms with Crippen molar-refractivity contribution in [2.75, 3.05) is 5.32 Å². The first-order valence-corrected chi connectivity index (χ1v) is 9.32. The molecule has 1 heterocycles. The van der Waals surface area contributed by atoms with Crippen molar-refractivity contribution < 1.29 is 4.79 Å². The van der Waals surface area contributed by atoms with Crippen LogP contribution in [0.1, 0.15) is 35.2 Å². The molecule has 0 aliphatic rings. The number of aromatic nitrogens is 2. The molecular weight excluding hydrogens is 350 g/mol. The summed E-state index contributed by atoms with van der Waals surface area (Å²) in [7, 11) is 0. The highest BCUT2D eigenvalue weighted by Gasteiger charge is 2.19. The molecule has 1 N–H and O–H groups in total. The van der Waals surface area contributed by atoms with Crippen molar-refractivity contribution in [3.63, 3.8) is 0 Å². The van der Waals surface area contributed by atoms with Gasteiger partial charge in [0.2, 0.25) is 5.91 Å². The smallest absolute Gasteiger partial charge is 0.267 e. The van der Waals surface area contributed by atoms with Crippen molar-refractivity contribution in [3.05, 3.63) is 81.1 Å². The zero-order valence-corrected chi connectivity index (χ0v) is 16.9. The lowest BCUT2D eigenvalue weighted by molar-refractivity contribution is -0.119. The highest BCUT2D eigenvalue weighted by molar-refractivity contribution is 5.94. The normalized spacial score (nSPS) is 11.9. The number of amides is 1. The molecule has 0 bridgehead atoms. The van der Waals surface area contributed by atoms with Crippen molar-refractivity contribution in [2.45, 2.75) is 40.7 Å². The Morgan fingerprint density at radius 1 is 1.00 bits per heavy atom. The minimum atomic E-state index is -0.738. The lowest BCUT2D eigenvalue weighted by Crippen LogP contribution is -2.33. The Bertz CT molecular complexity index is 1100. The zero-order valence-electron chi connectivity index (χ0n) is 16.9. The van der Waals surface area contributed by atoms with Crippen molar-refractivity contribution in [2.24, 2.45) is 0 Å². The number of aryl methyl sites for hydroxylation is 3. The highest BCUT2D eigenvalue weighted by Crippen LogP contribution is 2.23. The molecule has 5 nitrogen and oxygen atoms in total. The fourth-order valence-corrected chi connectivity index (χ4v) is 3.09. The van der Waals surface area contributed by atoms with E-state index in [1.807, 2.05) is 64.1 Å². The molecular formula is C23H25N3O2. The van der Waals surface area contributed by atoms with Gasteiger partial charge >= 0.3 is 0 Å². The Balaban J connectivity index is 1.94. The molecule has 1 atom stereocenters. The quantitative estimate of drug-likeness (QED) is 0.738. The first-order chi connectivity index (χ1) is 13.3. The monoisotopic (exact) mass is 375 g/mol. The number of nitrogens with one attached hydrogen (secondary N) is 1.